The summed E-state index contributed by atoms with van der Waals surface area (Å²) in [6, 6.07) is 9.08. The first kappa shape index (κ1) is 34.0. The molecule has 41 heavy (non-hydrogen) atoms. The van der Waals surface area contributed by atoms with E-state index in [0.717, 1.165) is 27.6 Å². The fraction of sp³-hybridized carbons (Fsp3) is 0.423. The minimum Gasteiger partial charge on any atom is -0.480 e. The summed E-state index contributed by atoms with van der Waals surface area (Å²) < 4.78 is 66.7. The Morgan fingerprint density at radius 3 is 2.15 bits per heavy atom. The SMILES string of the molecule is CC(C)c1ccc(CNC(=O)C2CN(C(=O)CNCC(=O)O)CCN2S(=O)(=O)c2ccc(C(F)(F)F)cc2)cc1.Cl. The van der Waals surface area contributed by atoms with Crippen LogP contribution in [0, 0.1) is 0 Å². The van der Waals surface area contributed by atoms with Crippen molar-refractivity contribution in [3.05, 3.63) is 65.2 Å². The van der Waals surface area contributed by atoms with Gasteiger partial charge in [0.05, 0.1) is 23.5 Å². The van der Waals surface area contributed by atoms with Crippen LogP contribution < -0.4 is 10.6 Å². The summed E-state index contributed by atoms with van der Waals surface area (Å²) in [5.74, 6) is -2.09. The van der Waals surface area contributed by atoms with E-state index in [0.29, 0.717) is 18.1 Å². The summed E-state index contributed by atoms with van der Waals surface area (Å²) in [5.41, 5.74) is 0.840. The van der Waals surface area contributed by atoms with Gasteiger partial charge in [-0.25, -0.2) is 8.42 Å². The molecule has 1 saturated heterocycles. The number of hydrogen-bond donors (Lipinski definition) is 3. The molecule has 0 radical (unpaired) electrons. The first-order valence-electron chi connectivity index (χ1n) is 12.5. The third-order valence-corrected chi connectivity index (χ3v) is 8.36. The maximum atomic E-state index is 13.4. The molecule has 1 fully saturated rings. The van der Waals surface area contributed by atoms with Gasteiger partial charge in [0.2, 0.25) is 21.8 Å². The third kappa shape index (κ3) is 8.89. The van der Waals surface area contributed by atoms with E-state index in [2.05, 4.69) is 10.6 Å². The van der Waals surface area contributed by atoms with Gasteiger partial charge in [-0.3, -0.25) is 19.7 Å². The number of carbonyl (C=O) groups excluding carboxylic acids is 2. The van der Waals surface area contributed by atoms with Gasteiger partial charge in [-0.15, -0.1) is 12.4 Å². The Labute approximate surface area is 242 Å². The molecule has 0 spiro atoms. The number of piperazine rings is 1. The minimum atomic E-state index is -4.65. The van der Waals surface area contributed by atoms with Crippen LogP contribution in [0.2, 0.25) is 0 Å². The van der Waals surface area contributed by atoms with Gasteiger partial charge in [-0.05, 0) is 41.3 Å². The lowest BCUT2D eigenvalue weighted by molar-refractivity contribution is -0.138. The molecule has 0 aliphatic carbocycles. The largest absolute Gasteiger partial charge is 0.480 e. The van der Waals surface area contributed by atoms with Crippen molar-refractivity contribution in [2.24, 2.45) is 0 Å². The standard InChI is InChI=1S/C26H31F3N4O6S.ClH/c1-17(2)19-5-3-18(4-6-19)13-31-25(37)22-16-32(23(34)14-30-15-24(35)36)11-12-33(22)40(38,39)21-9-7-20(8-10-21)26(27,28)29;/h3-10,17,22,30H,11-16H2,1-2H3,(H,31,37)(H,35,36);1H. The lowest BCUT2D eigenvalue weighted by Crippen LogP contribution is -2.62. The Kier molecular flexibility index (Phi) is 11.7. The number of benzene rings is 2. The number of hydrogen-bond acceptors (Lipinski definition) is 6. The molecule has 1 unspecified atom stereocenters. The highest BCUT2D eigenvalue weighted by Gasteiger charge is 2.41. The van der Waals surface area contributed by atoms with Gasteiger partial charge in [0.15, 0.2) is 0 Å². The molecule has 1 aliphatic heterocycles. The Bertz CT molecular complexity index is 1320. The summed E-state index contributed by atoms with van der Waals surface area (Å²) in [4.78, 5) is 37.5. The average Bonchev–Trinajstić information content (AvgIpc) is 2.90. The van der Waals surface area contributed by atoms with Crippen LogP contribution in [0.1, 0.15) is 36.5 Å². The van der Waals surface area contributed by atoms with Crippen LogP contribution in [0.4, 0.5) is 13.2 Å². The monoisotopic (exact) mass is 620 g/mol. The van der Waals surface area contributed by atoms with Gasteiger partial charge >= 0.3 is 12.1 Å². The Balaban J connectivity index is 0.00000588. The smallest absolute Gasteiger partial charge is 0.416 e. The van der Waals surface area contributed by atoms with Gasteiger partial charge in [0.1, 0.15) is 6.04 Å². The molecule has 3 rings (SSSR count). The predicted octanol–water partition coefficient (Wildman–Crippen LogP) is 2.44. The summed E-state index contributed by atoms with van der Waals surface area (Å²) in [5, 5.41) is 13.9. The van der Waals surface area contributed by atoms with Crippen LogP contribution >= 0.6 is 12.4 Å². The quantitative estimate of drug-likeness (QED) is 0.371. The number of carboxylic acid groups (broad SMARTS) is 1. The number of halogens is 4. The van der Waals surface area contributed by atoms with Crippen molar-refractivity contribution < 1.29 is 41.1 Å². The molecular formula is C26H32ClF3N4O6S. The molecule has 1 aliphatic rings. The molecule has 10 nitrogen and oxygen atoms in total. The number of carbonyl (C=O) groups is 3. The Morgan fingerprint density at radius 1 is 1.00 bits per heavy atom. The van der Waals surface area contributed by atoms with Crippen LogP contribution in [-0.4, -0.2) is 79.3 Å². The second-order valence-corrected chi connectivity index (χ2v) is 11.5. The molecule has 0 aromatic heterocycles. The number of sulfonamides is 1. The molecule has 2 aromatic carbocycles. The zero-order valence-corrected chi connectivity index (χ0v) is 24.0. The van der Waals surface area contributed by atoms with Crippen LogP contribution in [0.15, 0.2) is 53.4 Å². The summed E-state index contributed by atoms with van der Waals surface area (Å²) in [6.07, 6.45) is -4.65. The van der Waals surface area contributed by atoms with Crippen molar-refractivity contribution in [1.29, 1.82) is 0 Å². The van der Waals surface area contributed by atoms with Crippen LogP contribution in [0.25, 0.3) is 0 Å². The number of nitrogens with zero attached hydrogens (tertiary/aromatic N) is 2. The molecule has 15 heteroatoms. The van der Waals surface area contributed by atoms with E-state index in [1.807, 2.05) is 38.1 Å². The number of carboxylic acids is 1. The molecular weight excluding hydrogens is 589 g/mol. The van der Waals surface area contributed by atoms with E-state index in [1.54, 1.807) is 0 Å². The molecule has 3 N–H and O–H groups in total. The topological polar surface area (TPSA) is 136 Å². The molecule has 2 amide bonds. The van der Waals surface area contributed by atoms with Crippen LogP contribution in [0.3, 0.4) is 0 Å². The summed E-state index contributed by atoms with van der Waals surface area (Å²) >= 11 is 0. The lowest BCUT2D eigenvalue weighted by Gasteiger charge is -2.39. The number of nitrogens with one attached hydrogen (secondary N) is 2. The molecule has 1 heterocycles. The van der Waals surface area contributed by atoms with E-state index < -0.39 is 57.0 Å². The zero-order chi connectivity index (χ0) is 29.7. The fourth-order valence-corrected chi connectivity index (χ4v) is 5.73. The number of aliphatic carboxylic acids is 1. The summed E-state index contributed by atoms with van der Waals surface area (Å²) in [7, 11) is -4.42. The van der Waals surface area contributed by atoms with Crippen LogP contribution in [-0.2, 0) is 37.1 Å². The molecule has 0 saturated carbocycles. The Morgan fingerprint density at radius 2 is 1.61 bits per heavy atom. The minimum absolute atomic E-state index is 0. The van der Waals surface area contributed by atoms with Gasteiger partial charge in [-0.1, -0.05) is 38.1 Å². The maximum absolute atomic E-state index is 13.4. The van der Waals surface area contributed by atoms with Crippen molar-refractivity contribution in [2.75, 3.05) is 32.7 Å². The van der Waals surface area contributed by atoms with Crippen molar-refractivity contribution in [3.8, 4) is 0 Å². The van der Waals surface area contributed by atoms with E-state index in [-0.39, 0.29) is 45.1 Å². The van der Waals surface area contributed by atoms with Gasteiger partial charge in [0.25, 0.3) is 0 Å². The van der Waals surface area contributed by atoms with Crippen molar-refractivity contribution in [2.45, 2.75) is 43.4 Å². The first-order valence-corrected chi connectivity index (χ1v) is 13.9. The first-order chi connectivity index (χ1) is 18.7. The third-order valence-electron chi connectivity index (χ3n) is 6.44. The normalized spacial score (nSPS) is 16.2. The lowest BCUT2D eigenvalue weighted by atomic mass is 10.0. The fourth-order valence-electron chi connectivity index (χ4n) is 4.16. The van der Waals surface area contributed by atoms with Gasteiger partial charge < -0.3 is 15.3 Å². The zero-order valence-electron chi connectivity index (χ0n) is 22.3. The average molecular weight is 621 g/mol. The van der Waals surface area contributed by atoms with E-state index in [1.165, 1.54) is 4.90 Å². The highest BCUT2D eigenvalue weighted by atomic mass is 35.5. The van der Waals surface area contributed by atoms with E-state index in [9.17, 15) is 36.0 Å². The second-order valence-electron chi connectivity index (χ2n) is 9.60. The molecule has 2 aromatic rings. The maximum Gasteiger partial charge on any atom is 0.416 e. The van der Waals surface area contributed by atoms with E-state index in [4.69, 9.17) is 5.11 Å². The number of alkyl halides is 3. The predicted molar refractivity (Wildman–Crippen MR) is 146 cm³/mol. The molecule has 226 valence electrons. The Hall–Kier alpha value is -3.20. The van der Waals surface area contributed by atoms with Crippen molar-refractivity contribution in [1.82, 2.24) is 19.8 Å². The highest BCUT2D eigenvalue weighted by molar-refractivity contribution is 7.89. The summed E-state index contributed by atoms with van der Waals surface area (Å²) in [6.45, 7) is 2.62. The van der Waals surface area contributed by atoms with Crippen LogP contribution in [0.5, 0.6) is 0 Å². The van der Waals surface area contributed by atoms with Gasteiger partial charge in [-0.2, -0.15) is 17.5 Å². The molecule has 1 atom stereocenters. The van der Waals surface area contributed by atoms with Crippen molar-refractivity contribution in [3.63, 3.8) is 0 Å². The second kappa shape index (κ2) is 14.1. The van der Waals surface area contributed by atoms with Crippen molar-refractivity contribution >= 4 is 40.2 Å². The van der Waals surface area contributed by atoms with Gasteiger partial charge in [0, 0.05) is 26.2 Å². The van der Waals surface area contributed by atoms with E-state index >= 15 is 0 Å². The molecule has 0 bridgehead atoms. The number of amides is 2. The highest BCUT2D eigenvalue weighted by Crippen LogP contribution is 2.31. The number of rotatable bonds is 10.